The quantitative estimate of drug-likeness (QED) is 0.629. The molecule has 2 rings (SSSR count). The lowest BCUT2D eigenvalue weighted by atomic mass is 9.98. The maximum absolute atomic E-state index is 12.0. The number of carbonyl (C=O) groups is 2. The van der Waals surface area contributed by atoms with Gasteiger partial charge in [0, 0.05) is 0 Å². The van der Waals surface area contributed by atoms with Crippen molar-refractivity contribution in [3.05, 3.63) is 53.6 Å². The van der Waals surface area contributed by atoms with E-state index in [-0.39, 0.29) is 5.97 Å². The monoisotopic (exact) mass is 312 g/mol. The van der Waals surface area contributed by atoms with Crippen LogP contribution in [0.3, 0.4) is 0 Å². The Hall–Kier alpha value is -2.62. The van der Waals surface area contributed by atoms with Crippen LogP contribution in [-0.4, -0.2) is 25.0 Å². The maximum atomic E-state index is 12.0. The molecule has 0 N–H and O–H groups in total. The minimum Gasteiger partial charge on any atom is -0.496 e. The van der Waals surface area contributed by atoms with Crippen LogP contribution in [-0.2, 0) is 4.74 Å². The van der Waals surface area contributed by atoms with E-state index < -0.39 is 5.60 Å². The van der Waals surface area contributed by atoms with Crippen LogP contribution in [0.15, 0.2) is 42.5 Å². The van der Waals surface area contributed by atoms with Gasteiger partial charge in [-0.3, -0.25) is 4.79 Å². The van der Waals surface area contributed by atoms with Crippen molar-refractivity contribution >= 4 is 12.3 Å². The number of hydrogen-bond acceptors (Lipinski definition) is 4. The van der Waals surface area contributed by atoms with Crippen molar-refractivity contribution in [3.63, 3.8) is 0 Å². The van der Waals surface area contributed by atoms with E-state index in [0.717, 1.165) is 17.4 Å². The highest BCUT2D eigenvalue weighted by Gasteiger charge is 2.18. The van der Waals surface area contributed by atoms with Crippen molar-refractivity contribution in [1.29, 1.82) is 0 Å². The summed E-state index contributed by atoms with van der Waals surface area (Å²) in [5, 5.41) is 0. The van der Waals surface area contributed by atoms with Crippen molar-refractivity contribution in [2.75, 3.05) is 7.11 Å². The van der Waals surface area contributed by atoms with Gasteiger partial charge in [0.1, 0.15) is 11.4 Å². The molecule has 0 radical (unpaired) electrons. The summed E-state index contributed by atoms with van der Waals surface area (Å²) >= 11 is 0. The lowest BCUT2D eigenvalue weighted by molar-refractivity contribution is 0.00695. The summed E-state index contributed by atoms with van der Waals surface area (Å²) in [4.78, 5) is 23.4. The van der Waals surface area contributed by atoms with Crippen molar-refractivity contribution in [1.82, 2.24) is 0 Å². The molecular weight excluding hydrogens is 292 g/mol. The third-order valence-electron chi connectivity index (χ3n) is 3.23. The zero-order chi connectivity index (χ0) is 17.0. The molecule has 0 amide bonds. The lowest BCUT2D eigenvalue weighted by Gasteiger charge is -2.19. The van der Waals surface area contributed by atoms with E-state index in [1.54, 1.807) is 30.3 Å². The van der Waals surface area contributed by atoms with Crippen LogP contribution in [0.5, 0.6) is 5.75 Å². The summed E-state index contributed by atoms with van der Waals surface area (Å²) in [6, 6.07) is 12.4. The average Bonchev–Trinajstić information content (AvgIpc) is 2.52. The molecule has 0 saturated carbocycles. The third kappa shape index (κ3) is 3.97. The van der Waals surface area contributed by atoms with Crippen molar-refractivity contribution in [3.8, 4) is 16.9 Å². The second kappa shape index (κ2) is 6.65. The van der Waals surface area contributed by atoms with Crippen LogP contribution in [0.4, 0.5) is 0 Å². The van der Waals surface area contributed by atoms with Crippen molar-refractivity contribution in [2.24, 2.45) is 0 Å². The van der Waals surface area contributed by atoms with E-state index in [2.05, 4.69) is 0 Å². The van der Waals surface area contributed by atoms with E-state index in [9.17, 15) is 9.59 Å². The van der Waals surface area contributed by atoms with Crippen LogP contribution in [0.25, 0.3) is 11.1 Å². The third-order valence-corrected chi connectivity index (χ3v) is 3.23. The van der Waals surface area contributed by atoms with Gasteiger partial charge in [0.2, 0.25) is 0 Å². The molecule has 0 aliphatic rings. The zero-order valence-corrected chi connectivity index (χ0v) is 13.8. The molecule has 0 bridgehead atoms. The van der Waals surface area contributed by atoms with Crippen LogP contribution in [0.1, 0.15) is 41.5 Å². The molecule has 0 aliphatic carbocycles. The Balaban J connectivity index is 2.34. The molecular formula is C19H20O4. The molecule has 4 heteroatoms. The van der Waals surface area contributed by atoms with Gasteiger partial charge in [-0.05, 0) is 50.1 Å². The van der Waals surface area contributed by atoms with Crippen LogP contribution in [0.2, 0.25) is 0 Å². The Kier molecular flexibility index (Phi) is 4.84. The maximum Gasteiger partial charge on any atom is 0.338 e. The van der Waals surface area contributed by atoms with Crippen LogP contribution < -0.4 is 4.74 Å². The first-order valence-electron chi connectivity index (χ1n) is 7.31. The molecule has 0 aromatic heterocycles. The van der Waals surface area contributed by atoms with Gasteiger partial charge in [-0.25, -0.2) is 4.79 Å². The normalized spacial score (nSPS) is 11.0. The fraction of sp³-hybridized carbons (Fsp3) is 0.263. The molecule has 0 heterocycles. The highest BCUT2D eigenvalue weighted by molar-refractivity contribution is 5.93. The van der Waals surface area contributed by atoms with Gasteiger partial charge in [0.05, 0.1) is 18.2 Å². The number of aldehydes is 1. The number of carbonyl (C=O) groups excluding carboxylic acids is 2. The molecule has 0 unspecified atom stereocenters. The molecule has 2 aromatic rings. The number of hydrogen-bond donors (Lipinski definition) is 0. The summed E-state index contributed by atoms with van der Waals surface area (Å²) in [7, 11) is 1.53. The summed E-state index contributed by atoms with van der Waals surface area (Å²) in [6.07, 6.45) is 0.774. The number of rotatable bonds is 4. The molecule has 0 atom stereocenters. The molecule has 4 nitrogen and oxygen atoms in total. The Morgan fingerprint density at radius 1 is 1.04 bits per heavy atom. The van der Waals surface area contributed by atoms with Crippen molar-refractivity contribution < 1.29 is 19.1 Å². The van der Waals surface area contributed by atoms with E-state index >= 15 is 0 Å². The average molecular weight is 312 g/mol. The zero-order valence-electron chi connectivity index (χ0n) is 13.8. The Morgan fingerprint density at radius 2 is 1.70 bits per heavy atom. The standard InChI is InChI=1S/C19H20O4/c1-19(2,3)23-18(21)14-10-8-13(9-11-14)15-6-5-7-17(22-4)16(15)12-20/h5-12H,1-4H3. The van der Waals surface area contributed by atoms with Gasteiger partial charge in [-0.15, -0.1) is 0 Å². The van der Waals surface area contributed by atoms with E-state index in [1.165, 1.54) is 7.11 Å². The highest BCUT2D eigenvalue weighted by Crippen LogP contribution is 2.29. The Labute approximate surface area is 136 Å². The molecule has 23 heavy (non-hydrogen) atoms. The molecule has 0 fully saturated rings. The fourth-order valence-corrected chi connectivity index (χ4v) is 2.22. The molecule has 0 saturated heterocycles. The van der Waals surface area contributed by atoms with Gasteiger partial charge < -0.3 is 9.47 Å². The predicted octanol–water partition coefficient (Wildman–Crippen LogP) is 4.13. The van der Waals surface area contributed by atoms with Crippen molar-refractivity contribution in [2.45, 2.75) is 26.4 Å². The molecule has 120 valence electrons. The topological polar surface area (TPSA) is 52.6 Å². The summed E-state index contributed by atoms with van der Waals surface area (Å²) < 4.78 is 10.5. The first-order valence-corrected chi connectivity index (χ1v) is 7.31. The fourth-order valence-electron chi connectivity index (χ4n) is 2.22. The van der Waals surface area contributed by atoms with Gasteiger partial charge in [0.25, 0.3) is 0 Å². The van der Waals surface area contributed by atoms with Crippen LogP contribution >= 0.6 is 0 Å². The van der Waals surface area contributed by atoms with Crippen LogP contribution in [0, 0.1) is 0 Å². The molecule has 0 aliphatic heterocycles. The first kappa shape index (κ1) is 16.7. The second-order valence-corrected chi connectivity index (χ2v) is 6.12. The second-order valence-electron chi connectivity index (χ2n) is 6.12. The van der Waals surface area contributed by atoms with Gasteiger partial charge in [-0.2, -0.15) is 0 Å². The van der Waals surface area contributed by atoms with Gasteiger partial charge >= 0.3 is 5.97 Å². The summed E-state index contributed by atoms with van der Waals surface area (Å²) in [5.41, 5.74) is 2.01. The first-order chi connectivity index (χ1) is 10.9. The number of benzene rings is 2. The summed E-state index contributed by atoms with van der Waals surface area (Å²) in [5.74, 6) is 0.152. The van der Waals surface area contributed by atoms with Gasteiger partial charge in [-0.1, -0.05) is 24.3 Å². The largest absolute Gasteiger partial charge is 0.496 e. The van der Waals surface area contributed by atoms with E-state index in [4.69, 9.17) is 9.47 Å². The van der Waals surface area contributed by atoms with E-state index in [1.807, 2.05) is 32.9 Å². The summed E-state index contributed by atoms with van der Waals surface area (Å²) in [6.45, 7) is 5.48. The lowest BCUT2D eigenvalue weighted by Crippen LogP contribution is -2.23. The SMILES string of the molecule is COc1cccc(-c2ccc(C(=O)OC(C)(C)C)cc2)c1C=O. The highest BCUT2D eigenvalue weighted by atomic mass is 16.6. The minimum absolute atomic E-state index is 0.370. The predicted molar refractivity (Wildman–Crippen MR) is 89.0 cm³/mol. The Bertz CT molecular complexity index is 709. The Morgan fingerprint density at radius 3 is 2.22 bits per heavy atom. The number of ether oxygens (including phenoxy) is 2. The number of methoxy groups -OCH3 is 1. The van der Waals surface area contributed by atoms with E-state index in [0.29, 0.717) is 16.9 Å². The smallest absolute Gasteiger partial charge is 0.338 e. The molecule has 2 aromatic carbocycles. The molecule has 0 spiro atoms. The van der Waals surface area contributed by atoms with Gasteiger partial charge in [0.15, 0.2) is 6.29 Å². The minimum atomic E-state index is -0.534. The number of esters is 1.